The van der Waals surface area contributed by atoms with Gasteiger partial charge in [0.2, 0.25) is 0 Å². The molecule has 0 N–H and O–H groups in total. The molecule has 0 unspecified atom stereocenters. The average molecular weight is 306 g/mol. The summed E-state index contributed by atoms with van der Waals surface area (Å²) in [4.78, 5) is 4.04. The predicted molar refractivity (Wildman–Crippen MR) is 30.7 cm³/mol. The number of aryl methyl sites for hydroxylation is 3. The minimum Gasteiger partial charge on any atom is -0.446 e. The summed E-state index contributed by atoms with van der Waals surface area (Å²) in [5.41, 5.74) is 0.988. The van der Waals surface area contributed by atoms with Gasteiger partial charge in [-0.1, -0.05) is 0 Å². The monoisotopic (exact) mass is 306 g/mol. The van der Waals surface area contributed by atoms with Gasteiger partial charge in [-0.05, 0) is 13.8 Å². The van der Waals surface area contributed by atoms with Gasteiger partial charge in [-0.15, -0.1) is 0 Å². The topological polar surface area (TPSA) is 26.0 Å². The van der Waals surface area contributed by atoms with Gasteiger partial charge in [-0.25, -0.2) is 4.98 Å². The van der Waals surface area contributed by atoms with E-state index in [0.29, 0.717) is 0 Å². The summed E-state index contributed by atoms with van der Waals surface area (Å²) < 4.78 is 5.10. The van der Waals surface area contributed by atoms with E-state index >= 15 is 0 Å². The number of aromatic nitrogens is 1. The summed E-state index contributed by atoms with van der Waals surface area (Å²) in [5.74, 6) is 1.67. The van der Waals surface area contributed by atoms with Crippen molar-refractivity contribution < 1.29 is 25.5 Å². The molecule has 1 rings (SSSR count). The third-order valence-electron chi connectivity index (χ3n) is 1.14. The molecule has 0 amide bonds. The molecule has 0 saturated carbocycles. The Bertz CT molecular complexity index is 175. The Labute approximate surface area is 68.9 Å². The van der Waals surface area contributed by atoms with Crippen LogP contribution in [0, 0.1) is 20.8 Å². The maximum Gasteiger partial charge on any atom is 0.191 e. The molecule has 3 heteroatoms. The van der Waals surface area contributed by atoms with E-state index in [1.807, 2.05) is 20.8 Å². The van der Waals surface area contributed by atoms with Gasteiger partial charge in [0.25, 0.3) is 0 Å². The second-order valence-electron chi connectivity index (χ2n) is 1.87. The fourth-order valence-corrected chi connectivity index (χ4v) is 0.633. The minimum atomic E-state index is 0. The smallest absolute Gasteiger partial charge is 0.191 e. The number of rotatable bonds is 0. The maximum absolute atomic E-state index is 5.10. The van der Waals surface area contributed by atoms with Gasteiger partial charge in [0.1, 0.15) is 5.76 Å². The van der Waals surface area contributed by atoms with Crippen molar-refractivity contribution >= 4 is 0 Å². The fourth-order valence-electron chi connectivity index (χ4n) is 0.633. The van der Waals surface area contributed by atoms with Gasteiger partial charge in [0.05, 0.1) is 5.69 Å². The summed E-state index contributed by atoms with van der Waals surface area (Å²) in [7, 11) is 0. The van der Waals surface area contributed by atoms with Crippen molar-refractivity contribution in [3.8, 4) is 0 Å². The molecule has 0 spiro atoms. The van der Waals surface area contributed by atoms with Crippen molar-refractivity contribution in [2.24, 2.45) is 0 Å². The SMILES string of the molecule is Cc1nc(C)c(C)o1.[Pt]. The van der Waals surface area contributed by atoms with E-state index < -0.39 is 0 Å². The van der Waals surface area contributed by atoms with E-state index in [-0.39, 0.29) is 21.1 Å². The standard InChI is InChI=1S/C6H9NO.Pt/c1-4-5(2)8-6(3)7-4;/h1-3H3;. The van der Waals surface area contributed by atoms with E-state index in [4.69, 9.17) is 4.42 Å². The normalized spacial score (nSPS) is 8.78. The second-order valence-corrected chi connectivity index (χ2v) is 1.87. The maximum atomic E-state index is 5.10. The minimum absolute atomic E-state index is 0. The zero-order chi connectivity index (χ0) is 6.15. The first kappa shape index (κ1) is 8.90. The second kappa shape index (κ2) is 3.16. The molecule has 0 atom stereocenters. The Hall–Kier alpha value is -0.102. The molecule has 1 aromatic rings. The summed E-state index contributed by atoms with van der Waals surface area (Å²) >= 11 is 0. The van der Waals surface area contributed by atoms with Crippen LogP contribution in [0.1, 0.15) is 17.3 Å². The van der Waals surface area contributed by atoms with E-state index in [0.717, 1.165) is 17.3 Å². The fraction of sp³-hybridized carbons (Fsp3) is 0.500. The first-order valence-electron chi connectivity index (χ1n) is 2.61. The summed E-state index contributed by atoms with van der Waals surface area (Å²) in [5, 5.41) is 0. The van der Waals surface area contributed by atoms with Crippen LogP contribution in [0.5, 0.6) is 0 Å². The molecule has 1 heterocycles. The molecule has 0 fully saturated rings. The molecule has 0 saturated heterocycles. The molecule has 9 heavy (non-hydrogen) atoms. The molecular formula is C6H9NOPt. The number of oxazole rings is 1. The Morgan fingerprint density at radius 3 is 1.89 bits per heavy atom. The number of hydrogen-bond donors (Lipinski definition) is 0. The average Bonchev–Trinajstić information content (AvgIpc) is 1.85. The van der Waals surface area contributed by atoms with Crippen LogP contribution in [0.2, 0.25) is 0 Å². The summed E-state index contributed by atoms with van der Waals surface area (Å²) in [6.07, 6.45) is 0. The molecule has 2 nitrogen and oxygen atoms in total. The number of nitrogens with zero attached hydrogens (tertiary/aromatic N) is 1. The van der Waals surface area contributed by atoms with Crippen LogP contribution < -0.4 is 0 Å². The molecule has 1 aromatic heterocycles. The van der Waals surface area contributed by atoms with E-state index in [9.17, 15) is 0 Å². The van der Waals surface area contributed by atoms with E-state index in [2.05, 4.69) is 4.98 Å². The van der Waals surface area contributed by atoms with Gasteiger partial charge >= 0.3 is 0 Å². The van der Waals surface area contributed by atoms with E-state index in [1.54, 1.807) is 0 Å². The van der Waals surface area contributed by atoms with Crippen molar-refractivity contribution in [2.75, 3.05) is 0 Å². The van der Waals surface area contributed by atoms with Gasteiger partial charge in [0, 0.05) is 28.0 Å². The molecular weight excluding hydrogens is 297 g/mol. The molecule has 0 aliphatic rings. The zero-order valence-corrected chi connectivity index (χ0v) is 7.94. The molecule has 0 aliphatic heterocycles. The Morgan fingerprint density at radius 1 is 1.22 bits per heavy atom. The van der Waals surface area contributed by atoms with E-state index in [1.165, 1.54) is 0 Å². The van der Waals surface area contributed by atoms with Crippen LogP contribution in [0.3, 0.4) is 0 Å². The van der Waals surface area contributed by atoms with Crippen LogP contribution in [-0.4, -0.2) is 4.98 Å². The Balaban J connectivity index is 0.000000640. The third kappa shape index (κ3) is 1.94. The first-order chi connectivity index (χ1) is 3.70. The zero-order valence-electron chi connectivity index (χ0n) is 5.67. The van der Waals surface area contributed by atoms with Crippen LogP contribution in [0.25, 0.3) is 0 Å². The predicted octanol–water partition coefficient (Wildman–Crippen LogP) is 1.60. The molecule has 0 aliphatic carbocycles. The summed E-state index contributed by atoms with van der Waals surface area (Å²) in [6.45, 7) is 5.70. The largest absolute Gasteiger partial charge is 0.446 e. The van der Waals surface area contributed by atoms with Crippen LogP contribution in [-0.2, 0) is 21.1 Å². The van der Waals surface area contributed by atoms with Crippen molar-refractivity contribution in [3.05, 3.63) is 17.3 Å². The van der Waals surface area contributed by atoms with Crippen LogP contribution in [0.15, 0.2) is 4.42 Å². The number of hydrogen-bond acceptors (Lipinski definition) is 2. The van der Waals surface area contributed by atoms with Crippen molar-refractivity contribution in [1.29, 1.82) is 0 Å². The summed E-state index contributed by atoms with van der Waals surface area (Å²) in [6, 6.07) is 0. The third-order valence-corrected chi connectivity index (χ3v) is 1.14. The Kier molecular flexibility index (Phi) is 3.13. The van der Waals surface area contributed by atoms with Crippen LogP contribution >= 0.6 is 0 Å². The first-order valence-corrected chi connectivity index (χ1v) is 2.61. The van der Waals surface area contributed by atoms with Gasteiger partial charge < -0.3 is 4.42 Å². The molecule has 0 aromatic carbocycles. The van der Waals surface area contributed by atoms with Gasteiger partial charge in [0.15, 0.2) is 5.89 Å². The van der Waals surface area contributed by atoms with Gasteiger partial charge in [-0.3, -0.25) is 0 Å². The quantitative estimate of drug-likeness (QED) is 0.728. The molecule has 54 valence electrons. The molecule has 0 radical (unpaired) electrons. The molecule has 0 bridgehead atoms. The van der Waals surface area contributed by atoms with Crippen molar-refractivity contribution in [2.45, 2.75) is 20.8 Å². The van der Waals surface area contributed by atoms with Crippen LogP contribution in [0.4, 0.5) is 0 Å². The van der Waals surface area contributed by atoms with Gasteiger partial charge in [-0.2, -0.15) is 0 Å². The van der Waals surface area contributed by atoms with Crippen molar-refractivity contribution in [1.82, 2.24) is 4.98 Å². The van der Waals surface area contributed by atoms with Crippen molar-refractivity contribution in [3.63, 3.8) is 0 Å². The Morgan fingerprint density at radius 2 is 1.78 bits per heavy atom.